The van der Waals surface area contributed by atoms with Gasteiger partial charge in [-0.25, -0.2) is 4.79 Å². The molecule has 1 fully saturated rings. The van der Waals surface area contributed by atoms with Crippen molar-refractivity contribution in [2.75, 3.05) is 19.6 Å². The number of nitrogens with zero attached hydrogens (tertiary/aromatic N) is 4. The summed E-state index contributed by atoms with van der Waals surface area (Å²) in [5.74, 6) is -0.0670. The second-order valence-electron chi connectivity index (χ2n) is 5.04. The largest absolute Gasteiger partial charge is 0.437 e. The van der Waals surface area contributed by atoms with Crippen LogP contribution in [-0.4, -0.2) is 39.3 Å². The van der Waals surface area contributed by atoms with Gasteiger partial charge in [0.25, 0.3) is 5.89 Å². The molecule has 3 rings (SSSR count). The summed E-state index contributed by atoms with van der Waals surface area (Å²) in [6, 6.07) is 3.62. The predicted molar refractivity (Wildman–Crippen MR) is 74.3 cm³/mol. The molecule has 0 N–H and O–H groups in total. The van der Waals surface area contributed by atoms with Crippen molar-refractivity contribution in [1.29, 1.82) is 0 Å². The minimum atomic E-state index is -0.402. The first-order valence-electron chi connectivity index (χ1n) is 7.03. The number of pyridine rings is 1. The molecule has 0 aromatic carbocycles. The Balaban J connectivity index is 1.68. The molecule has 1 saturated heterocycles. The van der Waals surface area contributed by atoms with Gasteiger partial charge in [-0.15, -0.1) is 5.10 Å². The molecule has 2 aromatic heterocycles. The van der Waals surface area contributed by atoms with Crippen molar-refractivity contribution in [3.05, 3.63) is 35.1 Å². The molecule has 1 aliphatic heterocycles. The molecule has 6 heteroatoms. The maximum Gasteiger partial charge on any atom is 0.437 e. The summed E-state index contributed by atoms with van der Waals surface area (Å²) >= 11 is 0. The van der Waals surface area contributed by atoms with Gasteiger partial charge in [0.2, 0.25) is 0 Å². The van der Waals surface area contributed by atoms with Crippen LogP contribution in [0.25, 0.3) is 11.5 Å². The number of hydrogen-bond acceptors (Lipinski definition) is 5. The highest BCUT2D eigenvalue weighted by atomic mass is 16.4. The fourth-order valence-corrected chi connectivity index (χ4v) is 2.47. The van der Waals surface area contributed by atoms with Crippen LogP contribution in [0.15, 0.2) is 33.7 Å². The quantitative estimate of drug-likeness (QED) is 0.843. The van der Waals surface area contributed by atoms with E-state index in [0.29, 0.717) is 12.4 Å². The van der Waals surface area contributed by atoms with Crippen LogP contribution in [-0.2, 0) is 6.54 Å². The van der Waals surface area contributed by atoms with Crippen molar-refractivity contribution >= 4 is 0 Å². The molecule has 0 unspecified atom stereocenters. The van der Waals surface area contributed by atoms with Crippen molar-refractivity contribution in [2.45, 2.75) is 25.8 Å². The molecule has 1 aliphatic rings. The minimum absolute atomic E-state index is 0.335. The van der Waals surface area contributed by atoms with Crippen molar-refractivity contribution in [2.24, 2.45) is 0 Å². The number of hydrogen-bond donors (Lipinski definition) is 0. The summed E-state index contributed by atoms with van der Waals surface area (Å²) in [5, 5.41) is 4.24. The van der Waals surface area contributed by atoms with Gasteiger partial charge in [0.1, 0.15) is 0 Å². The molecule has 0 amide bonds. The molecular weight excluding hydrogens is 256 g/mol. The van der Waals surface area contributed by atoms with Gasteiger partial charge in [-0.05, 0) is 38.1 Å². The Morgan fingerprint density at radius 1 is 1.20 bits per heavy atom. The third-order valence-corrected chi connectivity index (χ3v) is 3.59. The van der Waals surface area contributed by atoms with Gasteiger partial charge in [0.15, 0.2) is 0 Å². The van der Waals surface area contributed by atoms with Gasteiger partial charge in [-0.2, -0.15) is 4.68 Å². The number of piperidine rings is 1. The monoisotopic (exact) mass is 274 g/mol. The fourth-order valence-electron chi connectivity index (χ4n) is 2.47. The normalized spacial score (nSPS) is 16.4. The van der Waals surface area contributed by atoms with Crippen LogP contribution in [0.2, 0.25) is 0 Å². The first kappa shape index (κ1) is 13.1. The Morgan fingerprint density at radius 3 is 2.80 bits per heavy atom. The highest BCUT2D eigenvalue weighted by molar-refractivity contribution is 5.49. The number of aromatic nitrogens is 3. The standard InChI is InChI=1S/C14H18N4O2/c19-14-18(10-9-17-7-2-1-3-8-17)16-13(20-14)12-5-4-6-15-11-12/h4-6,11H,1-3,7-10H2. The van der Waals surface area contributed by atoms with Crippen LogP contribution in [0.1, 0.15) is 19.3 Å². The molecule has 0 atom stereocenters. The van der Waals surface area contributed by atoms with Crippen molar-refractivity contribution in [3.63, 3.8) is 0 Å². The SMILES string of the molecule is O=c1oc(-c2cccnc2)nn1CCN1CCCCC1. The van der Waals surface area contributed by atoms with Crippen molar-refractivity contribution < 1.29 is 4.42 Å². The Labute approximate surface area is 117 Å². The van der Waals surface area contributed by atoms with Crippen molar-refractivity contribution in [1.82, 2.24) is 19.7 Å². The molecule has 0 spiro atoms. The Kier molecular flexibility index (Phi) is 3.92. The second kappa shape index (κ2) is 6.00. The van der Waals surface area contributed by atoms with Gasteiger partial charge in [-0.3, -0.25) is 4.98 Å². The molecule has 0 radical (unpaired) electrons. The van der Waals surface area contributed by atoms with Crippen LogP contribution < -0.4 is 5.76 Å². The van der Waals surface area contributed by atoms with Gasteiger partial charge in [0, 0.05) is 18.9 Å². The predicted octanol–water partition coefficient (Wildman–Crippen LogP) is 1.38. The molecule has 3 heterocycles. The van der Waals surface area contributed by atoms with Gasteiger partial charge < -0.3 is 9.32 Å². The summed E-state index contributed by atoms with van der Waals surface area (Å²) < 4.78 is 6.58. The van der Waals surface area contributed by atoms with E-state index >= 15 is 0 Å². The summed E-state index contributed by atoms with van der Waals surface area (Å²) in [4.78, 5) is 18.2. The van der Waals surface area contributed by atoms with E-state index in [2.05, 4.69) is 15.0 Å². The Hall–Kier alpha value is -1.95. The molecule has 106 valence electrons. The average Bonchev–Trinajstić information content (AvgIpc) is 2.88. The zero-order valence-electron chi connectivity index (χ0n) is 11.4. The first-order chi connectivity index (χ1) is 9.83. The fraction of sp³-hybridized carbons (Fsp3) is 0.500. The maximum atomic E-state index is 11.8. The molecule has 0 bridgehead atoms. The van der Waals surface area contributed by atoms with Gasteiger partial charge >= 0.3 is 5.76 Å². The lowest BCUT2D eigenvalue weighted by atomic mass is 10.1. The lowest BCUT2D eigenvalue weighted by Crippen LogP contribution is -2.34. The van der Waals surface area contributed by atoms with E-state index < -0.39 is 5.76 Å². The van der Waals surface area contributed by atoms with E-state index in [1.54, 1.807) is 18.5 Å². The molecule has 0 aliphatic carbocycles. The van der Waals surface area contributed by atoms with E-state index in [0.717, 1.165) is 25.2 Å². The van der Waals surface area contributed by atoms with Gasteiger partial charge in [0.05, 0.1) is 12.1 Å². The molecule has 2 aromatic rings. The second-order valence-corrected chi connectivity index (χ2v) is 5.04. The van der Waals surface area contributed by atoms with E-state index in [1.165, 1.54) is 23.9 Å². The van der Waals surface area contributed by atoms with E-state index in [-0.39, 0.29) is 0 Å². The summed E-state index contributed by atoms with van der Waals surface area (Å²) in [6.45, 7) is 3.64. The molecule has 0 saturated carbocycles. The maximum absolute atomic E-state index is 11.8. The zero-order valence-corrected chi connectivity index (χ0v) is 11.4. The number of likely N-dealkylation sites (tertiary alicyclic amines) is 1. The number of rotatable bonds is 4. The lowest BCUT2D eigenvalue weighted by molar-refractivity contribution is 0.216. The van der Waals surface area contributed by atoms with Crippen LogP contribution in [0.4, 0.5) is 0 Å². The van der Waals surface area contributed by atoms with Crippen molar-refractivity contribution in [3.8, 4) is 11.5 Å². The summed E-state index contributed by atoms with van der Waals surface area (Å²) in [7, 11) is 0. The third-order valence-electron chi connectivity index (χ3n) is 3.59. The zero-order chi connectivity index (χ0) is 13.8. The average molecular weight is 274 g/mol. The van der Waals surface area contributed by atoms with Crippen LogP contribution >= 0.6 is 0 Å². The summed E-state index contributed by atoms with van der Waals surface area (Å²) in [6.07, 6.45) is 7.12. The lowest BCUT2D eigenvalue weighted by Gasteiger charge is -2.25. The van der Waals surface area contributed by atoms with Crippen LogP contribution in [0, 0.1) is 0 Å². The van der Waals surface area contributed by atoms with E-state index in [1.807, 2.05) is 6.07 Å². The van der Waals surface area contributed by atoms with Crippen LogP contribution in [0.5, 0.6) is 0 Å². The molecular formula is C14H18N4O2. The Morgan fingerprint density at radius 2 is 2.05 bits per heavy atom. The highest BCUT2D eigenvalue weighted by Crippen LogP contribution is 2.13. The summed E-state index contributed by atoms with van der Waals surface area (Å²) in [5.41, 5.74) is 0.723. The third kappa shape index (κ3) is 2.96. The smallest absolute Gasteiger partial charge is 0.388 e. The Bertz CT molecular complexity index is 599. The minimum Gasteiger partial charge on any atom is -0.388 e. The highest BCUT2D eigenvalue weighted by Gasteiger charge is 2.13. The topological polar surface area (TPSA) is 64.2 Å². The molecule has 20 heavy (non-hydrogen) atoms. The van der Waals surface area contributed by atoms with E-state index in [9.17, 15) is 4.79 Å². The van der Waals surface area contributed by atoms with Gasteiger partial charge in [-0.1, -0.05) is 6.42 Å². The van der Waals surface area contributed by atoms with Crippen LogP contribution in [0.3, 0.4) is 0 Å². The molecule has 6 nitrogen and oxygen atoms in total. The van der Waals surface area contributed by atoms with E-state index in [4.69, 9.17) is 4.42 Å². The first-order valence-corrected chi connectivity index (χ1v) is 7.03.